The van der Waals surface area contributed by atoms with Gasteiger partial charge in [-0.2, -0.15) is 5.10 Å². The number of ether oxygens (including phenoxy) is 1. The van der Waals surface area contributed by atoms with Crippen molar-refractivity contribution in [2.24, 2.45) is 5.92 Å². The van der Waals surface area contributed by atoms with Crippen molar-refractivity contribution in [3.05, 3.63) is 16.4 Å². The molecule has 1 atom stereocenters. The SMILES string of the molecule is CCn1nc(C)c(Cl)c1COCC1CCCNC1. The molecular weight excluding hydrogens is 250 g/mol. The van der Waals surface area contributed by atoms with Crippen molar-refractivity contribution in [1.29, 1.82) is 0 Å². The van der Waals surface area contributed by atoms with E-state index < -0.39 is 0 Å². The van der Waals surface area contributed by atoms with Crippen LogP contribution in [0.1, 0.15) is 31.2 Å². The van der Waals surface area contributed by atoms with Crippen LogP contribution in [0.25, 0.3) is 0 Å². The molecule has 2 heterocycles. The van der Waals surface area contributed by atoms with Crippen molar-refractivity contribution < 1.29 is 4.74 Å². The van der Waals surface area contributed by atoms with Crippen molar-refractivity contribution in [3.8, 4) is 0 Å². The Hall–Kier alpha value is -0.580. The third-order valence-corrected chi connectivity index (χ3v) is 3.94. The molecule has 5 heteroatoms. The van der Waals surface area contributed by atoms with E-state index in [0.29, 0.717) is 12.5 Å². The second-order valence-electron chi connectivity index (χ2n) is 4.89. The molecule has 2 rings (SSSR count). The van der Waals surface area contributed by atoms with E-state index in [-0.39, 0.29) is 0 Å². The monoisotopic (exact) mass is 271 g/mol. The van der Waals surface area contributed by atoms with Crippen molar-refractivity contribution >= 4 is 11.6 Å². The van der Waals surface area contributed by atoms with Crippen molar-refractivity contribution in [2.75, 3.05) is 19.7 Å². The maximum Gasteiger partial charge on any atom is 0.0900 e. The van der Waals surface area contributed by atoms with E-state index in [9.17, 15) is 0 Å². The van der Waals surface area contributed by atoms with E-state index in [1.54, 1.807) is 0 Å². The van der Waals surface area contributed by atoms with Gasteiger partial charge in [0, 0.05) is 13.1 Å². The quantitative estimate of drug-likeness (QED) is 0.894. The van der Waals surface area contributed by atoms with Crippen LogP contribution in [0.15, 0.2) is 0 Å². The smallest absolute Gasteiger partial charge is 0.0900 e. The van der Waals surface area contributed by atoms with E-state index in [1.807, 2.05) is 11.6 Å². The summed E-state index contributed by atoms with van der Waals surface area (Å²) in [5, 5.41) is 8.53. The molecule has 0 aromatic carbocycles. The second kappa shape index (κ2) is 6.55. The van der Waals surface area contributed by atoms with E-state index in [2.05, 4.69) is 17.3 Å². The van der Waals surface area contributed by atoms with Gasteiger partial charge in [-0.05, 0) is 39.2 Å². The number of hydrogen-bond acceptors (Lipinski definition) is 3. The summed E-state index contributed by atoms with van der Waals surface area (Å²) in [5.41, 5.74) is 1.89. The second-order valence-corrected chi connectivity index (χ2v) is 5.27. The van der Waals surface area contributed by atoms with Gasteiger partial charge < -0.3 is 10.1 Å². The van der Waals surface area contributed by atoms with Gasteiger partial charge in [0.1, 0.15) is 0 Å². The summed E-state index contributed by atoms with van der Waals surface area (Å²) in [4.78, 5) is 0. The fourth-order valence-electron chi connectivity index (χ4n) is 2.40. The molecule has 1 aromatic rings. The average Bonchev–Trinajstić information content (AvgIpc) is 2.67. The predicted molar refractivity (Wildman–Crippen MR) is 72.9 cm³/mol. The molecule has 18 heavy (non-hydrogen) atoms. The zero-order chi connectivity index (χ0) is 13.0. The van der Waals surface area contributed by atoms with Crippen molar-refractivity contribution in [3.63, 3.8) is 0 Å². The molecule has 102 valence electrons. The minimum atomic E-state index is 0.560. The number of nitrogens with zero attached hydrogens (tertiary/aromatic N) is 2. The number of aryl methyl sites for hydroxylation is 2. The third kappa shape index (κ3) is 3.25. The van der Waals surface area contributed by atoms with Gasteiger partial charge in [0.15, 0.2) is 0 Å². The van der Waals surface area contributed by atoms with Crippen LogP contribution in [-0.2, 0) is 17.9 Å². The van der Waals surface area contributed by atoms with Gasteiger partial charge in [0.2, 0.25) is 0 Å². The Morgan fingerprint density at radius 3 is 3.06 bits per heavy atom. The molecule has 0 radical (unpaired) electrons. The molecule has 0 saturated carbocycles. The molecule has 1 aliphatic heterocycles. The van der Waals surface area contributed by atoms with Crippen LogP contribution in [0.3, 0.4) is 0 Å². The lowest BCUT2D eigenvalue weighted by Crippen LogP contribution is -2.32. The molecule has 1 aromatic heterocycles. The highest BCUT2D eigenvalue weighted by Crippen LogP contribution is 2.21. The summed E-state index contributed by atoms with van der Waals surface area (Å²) in [6.45, 7) is 8.41. The first kappa shape index (κ1) is 13.8. The zero-order valence-corrected chi connectivity index (χ0v) is 12.0. The van der Waals surface area contributed by atoms with Crippen LogP contribution in [0, 0.1) is 12.8 Å². The summed E-state index contributed by atoms with van der Waals surface area (Å²) < 4.78 is 7.74. The van der Waals surface area contributed by atoms with Gasteiger partial charge in [-0.25, -0.2) is 0 Å². The molecule has 0 bridgehead atoms. The van der Waals surface area contributed by atoms with Crippen molar-refractivity contribution in [1.82, 2.24) is 15.1 Å². The molecule has 0 spiro atoms. The number of nitrogens with one attached hydrogen (secondary N) is 1. The number of piperidine rings is 1. The third-order valence-electron chi connectivity index (χ3n) is 3.44. The lowest BCUT2D eigenvalue weighted by Gasteiger charge is -2.22. The molecule has 0 aliphatic carbocycles. The van der Waals surface area contributed by atoms with E-state index in [0.717, 1.165) is 42.7 Å². The molecule has 1 unspecified atom stereocenters. The van der Waals surface area contributed by atoms with Crippen molar-refractivity contribution in [2.45, 2.75) is 39.8 Å². The topological polar surface area (TPSA) is 39.1 Å². The highest BCUT2D eigenvalue weighted by atomic mass is 35.5. The Balaban J connectivity index is 1.85. The Labute approximate surface area is 114 Å². The van der Waals surface area contributed by atoms with Gasteiger partial charge >= 0.3 is 0 Å². The first-order valence-electron chi connectivity index (χ1n) is 6.72. The maximum atomic E-state index is 6.24. The van der Waals surface area contributed by atoms with Crippen LogP contribution >= 0.6 is 11.6 Å². The summed E-state index contributed by atoms with van der Waals surface area (Å²) in [6, 6.07) is 0. The predicted octanol–water partition coefficient (Wildman–Crippen LogP) is 2.38. The molecule has 0 amide bonds. The van der Waals surface area contributed by atoms with Crippen LogP contribution in [0.4, 0.5) is 0 Å². The maximum absolute atomic E-state index is 6.24. The largest absolute Gasteiger partial charge is 0.375 e. The molecule has 1 aliphatic rings. The summed E-state index contributed by atoms with van der Waals surface area (Å²) in [7, 11) is 0. The number of aromatic nitrogens is 2. The van der Waals surface area contributed by atoms with Gasteiger partial charge in [-0.15, -0.1) is 0 Å². The van der Waals surface area contributed by atoms with E-state index >= 15 is 0 Å². The Bertz CT molecular complexity index is 386. The minimum Gasteiger partial charge on any atom is -0.375 e. The molecule has 1 fully saturated rings. The summed E-state index contributed by atoms with van der Waals surface area (Å²) >= 11 is 6.24. The zero-order valence-electron chi connectivity index (χ0n) is 11.2. The molecule has 1 N–H and O–H groups in total. The van der Waals surface area contributed by atoms with Crippen LogP contribution in [0.2, 0.25) is 5.02 Å². The van der Waals surface area contributed by atoms with E-state index in [4.69, 9.17) is 16.3 Å². The fourth-order valence-corrected chi connectivity index (χ4v) is 2.59. The standard InChI is InChI=1S/C13H22ClN3O/c1-3-17-12(13(14)10(2)16-17)9-18-8-11-5-4-6-15-7-11/h11,15H,3-9H2,1-2H3. The van der Waals surface area contributed by atoms with Gasteiger partial charge in [-0.3, -0.25) is 4.68 Å². The van der Waals surface area contributed by atoms with Gasteiger partial charge in [0.25, 0.3) is 0 Å². The number of halogens is 1. The lowest BCUT2D eigenvalue weighted by atomic mass is 10.0. The highest BCUT2D eigenvalue weighted by Gasteiger charge is 2.15. The van der Waals surface area contributed by atoms with Crippen LogP contribution < -0.4 is 5.32 Å². The number of rotatable bonds is 5. The first-order valence-corrected chi connectivity index (χ1v) is 7.10. The summed E-state index contributed by atoms with van der Waals surface area (Å²) in [6.07, 6.45) is 2.51. The van der Waals surface area contributed by atoms with Crippen LogP contribution in [0.5, 0.6) is 0 Å². The molecule has 1 saturated heterocycles. The van der Waals surface area contributed by atoms with Gasteiger partial charge in [0.05, 0.1) is 29.6 Å². The molecule has 4 nitrogen and oxygen atoms in total. The lowest BCUT2D eigenvalue weighted by molar-refractivity contribution is 0.0741. The normalized spacial score (nSPS) is 20.3. The first-order chi connectivity index (χ1) is 8.72. The Morgan fingerprint density at radius 1 is 1.56 bits per heavy atom. The number of hydrogen-bond donors (Lipinski definition) is 1. The Kier molecular flexibility index (Phi) is 5.03. The molecular formula is C13H22ClN3O. The highest BCUT2D eigenvalue weighted by molar-refractivity contribution is 6.31. The van der Waals surface area contributed by atoms with Crippen LogP contribution in [-0.4, -0.2) is 29.5 Å². The Morgan fingerprint density at radius 2 is 2.39 bits per heavy atom. The van der Waals surface area contributed by atoms with Gasteiger partial charge in [-0.1, -0.05) is 11.6 Å². The average molecular weight is 272 g/mol. The fraction of sp³-hybridized carbons (Fsp3) is 0.769. The summed E-state index contributed by atoms with van der Waals surface area (Å²) in [5.74, 6) is 0.636. The van der Waals surface area contributed by atoms with E-state index in [1.165, 1.54) is 12.8 Å². The minimum absolute atomic E-state index is 0.560.